The van der Waals surface area contributed by atoms with Gasteiger partial charge in [0.25, 0.3) is 5.69 Å². The van der Waals surface area contributed by atoms with Gasteiger partial charge in [0.05, 0.1) is 34.1 Å². The molecule has 2 heterocycles. The molecule has 4 rings (SSSR count). The molecule has 0 saturated carbocycles. The molecular weight excluding hydrogens is 392 g/mol. The van der Waals surface area contributed by atoms with E-state index in [4.69, 9.17) is 14.5 Å². The highest BCUT2D eigenvalue weighted by atomic mass is 32.1. The van der Waals surface area contributed by atoms with Crippen LogP contribution in [-0.4, -0.2) is 22.6 Å². The summed E-state index contributed by atoms with van der Waals surface area (Å²) in [4.78, 5) is 16.4. The van der Waals surface area contributed by atoms with Crippen LogP contribution in [0.4, 0.5) is 11.4 Å². The molecule has 0 unspecified atom stereocenters. The van der Waals surface area contributed by atoms with Gasteiger partial charge in [0, 0.05) is 5.38 Å². The number of hydrogen-bond donors (Lipinski definition) is 0. The molecule has 0 aliphatic carbocycles. The summed E-state index contributed by atoms with van der Waals surface area (Å²) < 4.78 is 12.2. The molecule has 8 nitrogen and oxygen atoms in total. The summed E-state index contributed by atoms with van der Waals surface area (Å²) >= 11 is 1.46. The van der Waals surface area contributed by atoms with E-state index in [0.29, 0.717) is 21.9 Å². The molecular formula is C20H18N4O4S. The van der Waals surface area contributed by atoms with Crippen molar-refractivity contribution in [1.29, 1.82) is 0 Å². The molecule has 3 aromatic rings. The van der Waals surface area contributed by atoms with Crippen LogP contribution in [0, 0.1) is 30.9 Å². The Morgan fingerprint density at radius 1 is 1.17 bits per heavy atom. The minimum atomic E-state index is -0.462. The van der Waals surface area contributed by atoms with Crippen LogP contribution in [0.1, 0.15) is 22.4 Å². The zero-order valence-corrected chi connectivity index (χ0v) is 16.9. The Kier molecular flexibility index (Phi) is 4.89. The van der Waals surface area contributed by atoms with Crippen molar-refractivity contribution >= 4 is 28.9 Å². The molecule has 0 fully saturated rings. The molecule has 0 saturated heterocycles. The molecule has 29 heavy (non-hydrogen) atoms. The molecule has 148 valence electrons. The number of aromatic nitrogens is 1. The van der Waals surface area contributed by atoms with E-state index in [2.05, 4.69) is 5.10 Å². The highest BCUT2D eigenvalue weighted by molar-refractivity contribution is 7.07. The van der Waals surface area contributed by atoms with Gasteiger partial charge in [-0.3, -0.25) is 10.1 Å². The van der Waals surface area contributed by atoms with Gasteiger partial charge in [0.15, 0.2) is 11.5 Å². The maximum Gasteiger partial charge on any atom is 0.282 e. The predicted molar refractivity (Wildman–Crippen MR) is 110 cm³/mol. The molecule has 0 spiro atoms. The summed E-state index contributed by atoms with van der Waals surface area (Å²) in [5.41, 5.74) is 4.15. The zero-order chi connectivity index (χ0) is 20.5. The average molecular weight is 410 g/mol. The maximum absolute atomic E-state index is 11.5. The number of nitrogens with zero attached hydrogens (tertiary/aromatic N) is 4. The number of hydrogen-bond acceptors (Lipinski definition) is 7. The van der Waals surface area contributed by atoms with E-state index in [1.54, 1.807) is 10.7 Å². The number of thiazole rings is 1. The lowest BCUT2D eigenvalue weighted by Crippen LogP contribution is -2.12. The summed E-state index contributed by atoms with van der Waals surface area (Å²) in [5, 5.41) is 17.9. The highest BCUT2D eigenvalue weighted by Crippen LogP contribution is 2.37. The minimum Gasteiger partial charge on any atom is -0.454 e. The number of fused-ring (bicyclic) bond motifs is 1. The van der Waals surface area contributed by atoms with E-state index in [9.17, 15) is 10.1 Å². The van der Waals surface area contributed by atoms with Crippen LogP contribution in [0.3, 0.4) is 0 Å². The smallest absolute Gasteiger partial charge is 0.282 e. The van der Waals surface area contributed by atoms with Crippen LogP contribution in [0.2, 0.25) is 0 Å². The summed E-state index contributed by atoms with van der Waals surface area (Å²) in [7, 11) is 0. The number of benzene rings is 2. The third-order valence-electron chi connectivity index (χ3n) is 4.46. The Balaban J connectivity index is 1.78. The van der Waals surface area contributed by atoms with Crippen LogP contribution in [0.15, 0.2) is 45.8 Å². The molecule has 9 heteroatoms. The fourth-order valence-electron chi connectivity index (χ4n) is 2.87. The SMILES string of the molecule is Cc1ccc(C)c(N=c2scc(C)n2N=Cc2cc3c(cc2[N+](=O)[O-])OCO3)c1. The normalized spacial score (nSPS) is 13.4. The van der Waals surface area contributed by atoms with Gasteiger partial charge >= 0.3 is 0 Å². The summed E-state index contributed by atoms with van der Waals surface area (Å²) in [6.07, 6.45) is 1.45. The Morgan fingerprint density at radius 3 is 2.69 bits per heavy atom. The Bertz CT molecular complexity index is 1210. The zero-order valence-electron chi connectivity index (χ0n) is 16.1. The second-order valence-electron chi connectivity index (χ2n) is 6.64. The van der Waals surface area contributed by atoms with Crippen molar-refractivity contribution in [1.82, 2.24) is 4.68 Å². The first-order chi connectivity index (χ1) is 13.9. The van der Waals surface area contributed by atoms with Crippen molar-refractivity contribution in [3.8, 4) is 11.5 Å². The van der Waals surface area contributed by atoms with Crippen molar-refractivity contribution in [2.24, 2.45) is 10.1 Å². The first kappa shape index (κ1) is 18.9. The lowest BCUT2D eigenvalue weighted by molar-refractivity contribution is -0.385. The third-order valence-corrected chi connectivity index (χ3v) is 5.40. The summed E-state index contributed by atoms with van der Waals surface area (Å²) in [6.45, 7) is 5.97. The van der Waals surface area contributed by atoms with Crippen LogP contribution < -0.4 is 14.3 Å². The molecule has 2 aromatic carbocycles. The molecule has 0 radical (unpaired) electrons. The van der Waals surface area contributed by atoms with Gasteiger partial charge in [-0.15, -0.1) is 11.3 Å². The first-order valence-corrected chi connectivity index (χ1v) is 9.72. The van der Waals surface area contributed by atoms with E-state index in [-0.39, 0.29) is 12.5 Å². The second kappa shape index (κ2) is 7.51. The van der Waals surface area contributed by atoms with E-state index >= 15 is 0 Å². The molecule has 0 amide bonds. The van der Waals surface area contributed by atoms with Gasteiger partial charge in [-0.1, -0.05) is 12.1 Å². The fourth-order valence-corrected chi connectivity index (χ4v) is 3.69. The third kappa shape index (κ3) is 3.77. The molecule has 1 aromatic heterocycles. The number of aryl methyl sites for hydroxylation is 3. The van der Waals surface area contributed by atoms with Crippen molar-refractivity contribution in [3.05, 3.63) is 73.0 Å². The number of nitro benzene ring substituents is 1. The lowest BCUT2D eigenvalue weighted by atomic mass is 10.1. The van der Waals surface area contributed by atoms with E-state index in [1.165, 1.54) is 23.6 Å². The van der Waals surface area contributed by atoms with Crippen molar-refractivity contribution in [2.45, 2.75) is 20.8 Å². The summed E-state index contributed by atoms with van der Waals surface area (Å²) in [6, 6.07) is 9.00. The number of rotatable bonds is 4. The minimum absolute atomic E-state index is 0.0460. The largest absolute Gasteiger partial charge is 0.454 e. The van der Waals surface area contributed by atoms with E-state index in [1.807, 2.05) is 44.4 Å². The molecule has 0 atom stereocenters. The average Bonchev–Trinajstić information content (AvgIpc) is 3.28. The van der Waals surface area contributed by atoms with Gasteiger partial charge < -0.3 is 9.47 Å². The van der Waals surface area contributed by atoms with Crippen LogP contribution in [0.5, 0.6) is 11.5 Å². The topological polar surface area (TPSA) is 91.2 Å². The van der Waals surface area contributed by atoms with Gasteiger partial charge in [0.2, 0.25) is 11.6 Å². The van der Waals surface area contributed by atoms with Gasteiger partial charge in [0.1, 0.15) is 0 Å². The van der Waals surface area contributed by atoms with Crippen LogP contribution >= 0.6 is 11.3 Å². The molecule has 0 N–H and O–H groups in total. The Morgan fingerprint density at radius 2 is 1.93 bits per heavy atom. The number of nitro groups is 1. The Labute approximate surface area is 170 Å². The van der Waals surface area contributed by atoms with E-state index in [0.717, 1.165) is 22.5 Å². The first-order valence-electron chi connectivity index (χ1n) is 8.84. The van der Waals surface area contributed by atoms with Crippen LogP contribution in [-0.2, 0) is 0 Å². The quantitative estimate of drug-likeness (QED) is 0.366. The lowest BCUT2D eigenvalue weighted by Gasteiger charge is -2.03. The van der Waals surface area contributed by atoms with E-state index < -0.39 is 4.92 Å². The molecule has 1 aliphatic rings. The number of ether oxygens (including phenoxy) is 2. The monoisotopic (exact) mass is 410 g/mol. The van der Waals surface area contributed by atoms with Gasteiger partial charge in [-0.05, 0) is 44.0 Å². The van der Waals surface area contributed by atoms with Crippen molar-refractivity contribution < 1.29 is 14.4 Å². The predicted octanol–water partition coefficient (Wildman–Crippen LogP) is 4.23. The standard InChI is InChI=1S/C20H18N4O4S/c1-12-4-5-13(2)16(6-12)22-20-23(14(3)10-29-20)21-9-15-7-18-19(28-11-27-18)8-17(15)24(25)26/h4-10H,11H2,1-3H3. The highest BCUT2D eigenvalue weighted by Gasteiger charge is 2.22. The van der Waals surface area contributed by atoms with Crippen LogP contribution in [0.25, 0.3) is 0 Å². The second-order valence-corrected chi connectivity index (χ2v) is 7.48. The van der Waals surface area contributed by atoms with Crippen molar-refractivity contribution in [3.63, 3.8) is 0 Å². The maximum atomic E-state index is 11.5. The fraction of sp³-hybridized carbons (Fsp3) is 0.200. The van der Waals surface area contributed by atoms with Gasteiger partial charge in [-0.2, -0.15) is 5.10 Å². The van der Waals surface area contributed by atoms with Crippen molar-refractivity contribution in [2.75, 3.05) is 6.79 Å². The van der Waals surface area contributed by atoms with Gasteiger partial charge in [-0.25, -0.2) is 9.67 Å². The molecule has 1 aliphatic heterocycles. The summed E-state index contributed by atoms with van der Waals surface area (Å²) in [5.74, 6) is 0.822. The Hall–Kier alpha value is -3.46. The molecule has 0 bridgehead atoms.